The molecule has 0 saturated heterocycles. The Morgan fingerprint density at radius 3 is 1.29 bits per heavy atom. The van der Waals surface area contributed by atoms with Gasteiger partial charge in [0.15, 0.2) is 46.1 Å². The van der Waals surface area contributed by atoms with Crippen molar-refractivity contribution in [1.29, 1.82) is 0 Å². The molecular formula is C52H47NO9. The molecule has 0 aliphatic carbocycles. The number of carbonyl (C=O) groups is 5. The van der Waals surface area contributed by atoms with Crippen LogP contribution in [0.1, 0.15) is 50.1 Å². The number of ketones is 4. The first kappa shape index (κ1) is 44.0. The molecule has 1 aliphatic heterocycles. The van der Waals surface area contributed by atoms with Crippen molar-refractivity contribution in [2.75, 3.05) is 19.5 Å². The van der Waals surface area contributed by atoms with Gasteiger partial charge in [-0.3, -0.25) is 24.0 Å². The SMILES string of the molecule is COc1cc(/C=C/C(=O)C(C(=O)/C=C/c2ccc(C)c(C)c2)C2(C(C(=O)/C=C/c3ccc(C)c(C)c3)C(=O)/C=C/c3ccc(O)c(OC)c3)C(=O)Nc3ccccc32)ccc1O. The van der Waals surface area contributed by atoms with Gasteiger partial charge < -0.3 is 25.0 Å². The fraction of sp³-hybridized carbons (Fsp3) is 0.173. The van der Waals surface area contributed by atoms with Gasteiger partial charge in [0.05, 0.1) is 14.2 Å². The van der Waals surface area contributed by atoms with Gasteiger partial charge in [0.2, 0.25) is 5.91 Å². The number of allylic oxidation sites excluding steroid dienone is 4. The lowest BCUT2D eigenvalue weighted by atomic mass is 9.58. The van der Waals surface area contributed by atoms with Gasteiger partial charge in [-0.25, -0.2) is 0 Å². The Kier molecular flexibility index (Phi) is 13.3. The van der Waals surface area contributed by atoms with Crippen molar-refractivity contribution in [3.8, 4) is 23.0 Å². The van der Waals surface area contributed by atoms with Crippen LogP contribution in [-0.4, -0.2) is 53.5 Å². The van der Waals surface area contributed by atoms with Crippen LogP contribution in [0.5, 0.6) is 23.0 Å². The van der Waals surface area contributed by atoms with Gasteiger partial charge in [-0.1, -0.05) is 91.0 Å². The fourth-order valence-electron chi connectivity index (χ4n) is 7.65. The number of fused-ring (bicyclic) bond motifs is 1. The highest BCUT2D eigenvalue weighted by molar-refractivity contribution is 6.27. The van der Waals surface area contributed by atoms with E-state index < -0.39 is 46.3 Å². The summed E-state index contributed by atoms with van der Waals surface area (Å²) in [5.74, 6) is -8.20. The van der Waals surface area contributed by atoms with Crippen LogP contribution in [0.4, 0.5) is 5.69 Å². The maximum Gasteiger partial charge on any atom is 0.237 e. The summed E-state index contributed by atoms with van der Waals surface area (Å²) < 4.78 is 10.5. The fourth-order valence-corrected chi connectivity index (χ4v) is 7.65. The van der Waals surface area contributed by atoms with E-state index in [1.165, 1.54) is 93.1 Å². The summed E-state index contributed by atoms with van der Waals surface area (Å²) in [5, 5.41) is 23.2. The van der Waals surface area contributed by atoms with E-state index in [1.807, 2.05) is 64.1 Å². The Hall–Kier alpha value is -7.59. The summed E-state index contributed by atoms with van der Waals surface area (Å²) in [5.41, 5.74) is 4.04. The van der Waals surface area contributed by atoms with Crippen LogP contribution in [0.15, 0.2) is 121 Å². The van der Waals surface area contributed by atoms with E-state index in [9.17, 15) is 10.2 Å². The van der Waals surface area contributed by atoms with Crippen LogP contribution in [0.3, 0.4) is 0 Å². The molecule has 0 radical (unpaired) electrons. The Morgan fingerprint density at radius 1 is 0.532 bits per heavy atom. The highest BCUT2D eigenvalue weighted by Crippen LogP contribution is 2.50. The maximum atomic E-state index is 15.1. The van der Waals surface area contributed by atoms with Crippen LogP contribution in [0, 0.1) is 39.5 Å². The summed E-state index contributed by atoms with van der Waals surface area (Å²) in [4.78, 5) is 75.1. The molecule has 10 heteroatoms. The number of hydrogen-bond donors (Lipinski definition) is 3. The number of phenolic OH excluding ortho intramolecular Hbond substituents is 2. The molecular weight excluding hydrogens is 783 g/mol. The van der Waals surface area contributed by atoms with Gasteiger partial charge in [0, 0.05) is 5.69 Å². The number of para-hydroxylation sites is 1. The van der Waals surface area contributed by atoms with Crippen molar-refractivity contribution < 1.29 is 43.7 Å². The van der Waals surface area contributed by atoms with Gasteiger partial charge >= 0.3 is 0 Å². The van der Waals surface area contributed by atoms with E-state index >= 15 is 24.0 Å². The number of ether oxygens (including phenoxy) is 2. The smallest absolute Gasteiger partial charge is 0.237 e. The third-order valence-corrected chi connectivity index (χ3v) is 11.3. The number of anilines is 1. The number of methoxy groups -OCH3 is 2. The predicted octanol–water partition coefficient (Wildman–Crippen LogP) is 8.90. The molecule has 6 rings (SSSR count). The van der Waals surface area contributed by atoms with Gasteiger partial charge in [-0.05, 0) is 132 Å². The number of amides is 1. The van der Waals surface area contributed by atoms with Crippen molar-refractivity contribution in [2.45, 2.75) is 33.1 Å². The third-order valence-electron chi connectivity index (χ3n) is 11.3. The predicted molar refractivity (Wildman–Crippen MR) is 241 cm³/mol. The van der Waals surface area contributed by atoms with E-state index in [1.54, 1.807) is 18.2 Å². The molecule has 5 aromatic carbocycles. The molecule has 1 aliphatic rings. The molecule has 1 amide bonds. The maximum absolute atomic E-state index is 15.1. The van der Waals surface area contributed by atoms with Crippen LogP contribution in [0.25, 0.3) is 24.3 Å². The van der Waals surface area contributed by atoms with E-state index in [0.29, 0.717) is 22.3 Å². The zero-order chi connectivity index (χ0) is 44.7. The Balaban J connectivity index is 1.60. The minimum atomic E-state index is -2.42. The summed E-state index contributed by atoms with van der Waals surface area (Å²) in [6, 6.07) is 26.3. The zero-order valence-corrected chi connectivity index (χ0v) is 35.3. The molecule has 0 fully saturated rings. The second-order valence-corrected chi connectivity index (χ2v) is 15.2. The Bertz CT molecular complexity index is 2570. The quantitative estimate of drug-likeness (QED) is 0.0653. The second kappa shape index (κ2) is 18.8. The molecule has 10 nitrogen and oxygen atoms in total. The van der Waals surface area contributed by atoms with Crippen LogP contribution < -0.4 is 14.8 Å². The minimum Gasteiger partial charge on any atom is -0.504 e. The summed E-state index contributed by atoms with van der Waals surface area (Å²) in [7, 11) is 2.75. The second-order valence-electron chi connectivity index (χ2n) is 15.2. The number of aromatic hydroxyl groups is 2. The number of carbonyl (C=O) groups excluding carboxylic acids is 5. The summed E-state index contributed by atoms with van der Waals surface area (Å²) >= 11 is 0. The van der Waals surface area contributed by atoms with E-state index in [4.69, 9.17) is 9.47 Å². The van der Waals surface area contributed by atoms with Crippen molar-refractivity contribution in [1.82, 2.24) is 0 Å². The third kappa shape index (κ3) is 9.10. The highest BCUT2D eigenvalue weighted by atomic mass is 16.5. The first-order chi connectivity index (χ1) is 29.7. The van der Waals surface area contributed by atoms with Crippen LogP contribution in [0.2, 0.25) is 0 Å². The Morgan fingerprint density at radius 2 is 0.903 bits per heavy atom. The van der Waals surface area contributed by atoms with E-state index in [0.717, 1.165) is 34.4 Å². The van der Waals surface area contributed by atoms with Crippen molar-refractivity contribution in [2.24, 2.45) is 11.8 Å². The number of nitrogens with one attached hydrogen (secondary N) is 1. The lowest BCUT2D eigenvalue weighted by Gasteiger charge is -2.38. The normalized spacial score (nSPS) is 15.8. The van der Waals surface area contributed by atoms with Gasteiger partial charge in [0.1, 0.15) is 17.3 Å². The van der Waals surface area contributed by atoms with E-state index in [-0.39, 0.29) is 34.2 Å². The van der Waals surface area contributed by atoms with Gasteiger partial charge in [-0.2, -0.15) is 0 Å². The number of rotatable bonds is 16. The van der Waals surface area contributed by atoms with Crippen molar-refractivity contribution in [3.63, 3.8) is 0 Å². The van der Waals surface area contributed by atoms with Crippen LogP contribution >= 0.6 is 0 Å². The molecule has 314 valence electrons. The lowest BCUT2D eigenvalue weighted by Crippen LogP contribution is -2.57. The minimum absolute atomic E-state index is 0.113. The number of benzene rings is 5. The number of hydrogen-bond acceptors (Lipinski definition) is 9. The van der Waals surface area contributed by atoms with Gasteiger partial charge in [0.25, 0.3) is 0 Å². The molecule has 2 atom stereocenters. The molecule has 0 aromatic heterocycles. The monoisotopic (exact) mass is 829 g/mol. The number of phenols is 2. The standard InChI is InChI=1S/C52H47NO9/c1-31-11-13-35(27-33(31)3)17-23-43(56)49(45(58)25-19-37-15-21-41(54)47(29-37)61-5)52(39-9-7-8-10-40(39)53-51(52)60)50(44(57)24-18-36-14-12-32(2)34(4)28-36)46(59)26-20-38-16-22-42(55)48(30-38)62-6/h7-30,49-50,54-55H,1-6H3,(H,53,60)/b23-17+,24-18+,25-19+,26-20+. The van der Waals surface area contributed by atoms with Gasteiger partial charge in [-0.15, -0.1) is 0 Å². The van der Waals surface area contributed by atoms with Crippen molar-refractivity contribution in [3.05, 3.63) is 171 Å². The average Bonchev–Trinajstić information content (AvgIpc) is 3.54. The summed E-state index contributed by atoms with van der Waals surface area (Å²) in [6.45, 7) is 7.75. The largest absolute Gasteiger partial charge is 0.504 e. The molecule has 1 heterocycles. The molecule has 0 saturated carbocycles. The zero-order valence-electron chi connectivity index (χ0n) is 35.3. The summed E-state index contributed by atoms with van der Waals surface area (Å²) in [6.07, 6.45) is 10.5. The molecule has 3 N–H and O–H groups in total. The average molecular weight is 830 g/mol. The highest BCUT2D eigenvalue weighted by Gasteiger charge is 2.64. The first-order valence-corrected chi connectivity index (χ1v) is 19.8. The Labute approximate surface area is 360 Å². The molecule has 0 bridgehead atoms. The van der Waals surface area contributed by atoms with E-state index in [2.05, 4.69) is 5.32 Å². The molecule has 2 unspecified atom stereocenters. The molecule has 0 spiro atoms. The topological polar surface area (TPSA) is 156 Å². The molecule has 62 heavy (non-hydrogen) atoms. The molecule has 5 aromatic rings. The van der Waals surface area contributed by atoms with Crippen LogP contribution in [-0.2, 0) is 29.4 Å². The lowest BCUT2D eigenvalue weighted by molar-refractivity contribution is -0.144. The van der Waals surface area contributed by atoms with Crippen molar-refractivity contribution >= 4 is 59.0 Å². The first-order valence-electron chi connectivity index (χ1n) is 19.8. The number of aryl methyl sites for hydroxylation is 4.